The van der Waals surface area contributed by atoms with Crippen molar-refractivity contribution in [1.82, 2.24) is 19.3 Å². The number of aryl methyl sites for hydroxylation is 2. The van der Waals surface area contributed by atoms with Crippen molar-refractivity contribution in [3.05, 3.63) is 62.3 Å². The summed E-state index contributed by atoms with van der Waals surface area (Å²) in [6, 6.07) is 9.62. The molecule has 5 rings (SSSR count). The molecular formula is C23H27N5O2. The van der Waals surface area contributed by atoms with Gasteiger partial charge < -0.3 is 5.32 Å². The molecule has 0 bridgehead atoms. The van der Waals surface area contributed by atoms with E-state index >= 15 is 0 Å². The highest BCUT2D eigenvalue weighted by atomic mass is 16.1. The number of para-hydroxylation sites is 1. The van der Waals surface area contributed by atoms with Gasteiger partial charge in [-0.05, 0) is 69.1 Å². The monoisotopic (exact) mass is 405 g/mol. The maximum absolute atomic E-state index is 12.6. The molecule has 3 aromatic rings. The molecule has 2 heterocycles. The van der Waals surface area contributed by atoms with E-state index in [9.17, 15) is 9.59 Å². The van der Waals surface area contributed by atoms with Crippen molar-refractivity contribution in [2.24, 2.45) is 7.05 Å². The molecule has 0 amide bonds. The minimum Gasteiger partial charge on any atom is -0.353 e. The Balaban J connectivity index is 1.31. The van der Waals surface area contributed by atoms with Gasteiger partial charge in [-0.15, -0.1) is 0 Å². The zero-order valence-electron chi connectivity index (χ0n) is 17.3. The SMILES string of the molecule is Cn1c(NC2CCC(n3nc4c(cc3=O)CCCC4)CC2)nc2ccccc2c1=O. The Bertz CT molecular complexity index is 1200. The van der Waals surface area contributed by atoms with Crippen LogP contribution in [0.15, 0.2) is 39.9 Å². The average Bonchev–Trinajstić information content (AvgIpc) is 2.77. The van der Waals surface area contributed by atoms with E-state index in [4.69, 9.17) is 5.10 Å². The quantitative estimate of drug-likeness (QED) is 0.724. The summed E-state index contributed by atoms with van der Waals surface area (Å²) in [6.45, 7) is 0. The third-order valence-electron chi connectivity index (χ3n) is 6.59. The number of nitrogens with zero attached hydrogens (tertiary/aromatic N) is 4. The molecule has 1 N–H and O–H groups in total. The van der Waals surface area contributed by atoms with E-state index in [0.29, 0.717) is 16.9 Å². The third kappa shape index (κ3) is 3.42. The zero-order chi connectivity index (χ0) is 20.7. The lowest BCUT2D eigenvalue weighted by molar-refractivity contribution is 0.299. The lowest BCUT2D eigenvalue weighted by Crippen LogP contribution is -2.35. The Kier molecular flexibility index (Phi) is 4.89. The Morgan fingerprint density at radius 1 is 1.03 bits per heavy atom. The van der Waals surface area contributed by atoms with Gasteiger partial charge in [0.05, 0.1) is 22.6 Å². The van der Waals surface area contributed by atoms with Gasteiger partial charge in [0.1, 0.15) is 0 Å². The first-order valence-electron chi connectivity index (χ1n) is 10.9. The second kappa shape index (κ2) is 7.70. The summed E-state index contributed by atoms with van der Waals surface area (Å²) in [5.41, 5.74) is 2.95. The predicted molar refractivity (Wildman–Crippen MR) is 117 cm³/mol. The lowest BCUT2D eigenvalue weighted by Gasteiger charge is -2.30. The average molecular weight is 406 g/mol. The molecule has 156 valence electrons. The van der Waals surface area contributed by atoms with E-state index in [2.05, 4.69) is 10.3 Å². The first-order chi connectivity index (χ1) is 14.6. The summed E-state index contributed by atoms with van der Waals surface area (Å²) in [4.78, 5) is 29.9. The summed E-state index contributed by atoms with van der Waals surface area (Å²) in [5.74, 6) is 0.603. The highest BCUT2D eigenvalue weighted by Crippen LogP contribution is 2.29. The van der Waals surface area contributed by atoms with Crippen LogP contribution in [0.25, 0.3) is 10.9 Å². The fraction of sp³-hybridized carbons (Fsp3) is 0.478. The summed E-state index contributed by atoms with van der Waals surface area (Å²) >= 11 is 0. The molecule has 0 saturated heterocycles. The van der Waals surface area contributed by atoms with Crippen molar-refractivity contribution in [2.45, 2.75) is 63.5 Å². The van der Waals surface area contributed by atoms with Crippen LogP contribution < -0.4 is 16.4 Å². The molecule has 7 nitrogen and oxygen atoms in total. The first kappa shape index (κ1) is 19.0. The maximum Gasteiger partial charge on any atom is 0.267 e. The van der Waals surface area contributed by atoms with Gasteiger partial charge in [-0.3, -0.25) is 14.2 Å². The largest absolute Gasteiger partial charge is 0.353 e. The fourth-order valence-electron chi connectivity index (χ4n) is 4.83. The van der Waals surface area contributed by atoms with Crippen LogP contribution in [0.1, 0.15) is 55.8 Å². The Hall–Kier alpha value is -2.96. The maximum atomic E-state index is 12.6. The normalized spacial score (nSPS) is 21.4. The molecule has 2 aliphatic carbocycles. The van der Waals surface area contributed by atoms with Gasteiger partial charge in [-0.25, -0.2) is 9.67 Å². The third-order valence-corrected chi connectivity index (χ3v) is 6.59. The fourth-order valence-corrected chi connectivity index (χ4v) is 4.83. The topological polar surface area (TPSA) is 81.8 Å². The number of anilines is 1. The summed E-state index contributed by atoms with van der Waals surface area (Å²) in [5, 5.41) is 8.83. The molecular weight excluding hydrogens is 378 g/mol. The van der Waals surface area contributed by atoms with Gasteiger partial charge in [0, 0.05) is 19.2 Å². The van der Waals surface area contributed by atoms with Gasteiger partial charge in [-0.1, -0.05) is 12.1 Å². The van der Waals surface area contributed by atoms with Crippen molar-refractivity contribution in [3.63, 3.8) is 0 Å². The smallest absolute Gasteiger partial charge is 0.267 e. The van der Waals surface area contributed by atoms with Crippen LogP contribution in [-0.2, 0) is 19.9 Å². The molecule has 0 radical (unpaired) electrons. The Morgan fingerprint density at radius 3 is 2.63 bits per heavy atom. The van der Waals surface area contributed by atoms with E-state index in [-0.39, 0.29) is 23.2 Å². The highest BCUT2D eigenvalue weighted by molar-refractivity contribution is 5.78. The van der Waals surface area contributed by atoms with Crippen molar-refractivity contribution in [2.75, 3.05) is 5.32 Å². The predicted octanol–water partition coefficient (Wildman–Crippen LogP) is 2.96. The number of fused-ring (bicyclic) bond motifs is 2. The van der Waals surface area contributed by atoms with Crippen LogP contribution in [0.4, 0.5) is 5.95 Å². The van der Waals surface area contributed by atoms with Crippen LogP contribution in [0, 0.1) is 0 Å². The molecule has 7 heteroatoms. The van der Waals surface area contributed by atoms with Crippen molar-refractivity contribution >= 4 is 16.9 Å². The molecule has 2 aromatic heterocycles. The van der Waals surface area contributed by atoms with Crippen LogP contribution >= 0.6 is 0 Å². The number of hydrogen-bond acceptors (Lipinski definition) is 5. The number of rotatable bonds is 3. The van der Waals surface area contributed by atoms with Crippen LogP contribution in [0.5, 0.6) is 0 Å². The van der Waals surface area contributed by atoms with E-state index in [1.807, 2.05) is 24.3 Å². The number of hydrogen-bond donors (Lipinski definition) is 1. The van der Waals surface area contributed by atoms with Gasteiger partial charge in [-0.2, -0.15) is 5.10 Å². The van der Waals surface area contributed by atoms with Gasteiger partial charge in [0.25, 0.3) is 11.1 Å². The van der Waals surface area contributed by atoms with E-state index < -0.39 is 0 Å². The molecule has 30 heavy (non-hydrogen) atoms. The summed E-state index contributed by atoms with van der Waals surface area (Å²) < 4.78 is 3.31. The molecule has 1 aromatic carbocycles. The Morgan fingerprint density at radius 2 is 1.80 bits per heavy atom. The molecule has 0 aliphatic heterocycles. The molecule has 1 saturated carbocycles. The Labute approximate surface area is 174 Å². The zero-order valence-corrected chi connectivity index (χ0v) is 17.3. The van der Waals surface area contributed by atoms with Gasteiger partial charge in [0.15, 0.2) is 0 Å². The summed E-state index contributed by atoms with van der Waals surface area (Å²) in [7, 11) is 1.76. The minimum atomic E-state index is -0.0402. The van der Waals surface area contributed by atoms with E-state index in [0.717, 1.165) is 62.6 Å². The molecule has 0 spiro atoms. The van der Waals surface area contributed by atoms with Crippen molar-refractivity contribution < 1.29 is 0 Å². The second-order valence-electron chi connectivity index (χ2n) is 8.57. The van der Waals surface area contributed by atoms with E-state index in [1.54, 1.807) is 22.4 Å². The number of aromatic nitrogens is 4. The summed E-state index contributed by atoms with van der Waals surface area (Å²) in [6.07, 6.45) is 7.89. The van der Waals surface area contributed by atoms with E-state index in [1.165, 1.54) is 0 Å². The van der Waals surface area contributed by atoms with Gasteiger partial charge in [0.2, 0.25) is 5.95 Å². The number of nitrogens with one attached hydrogen (secondary N) is 1. The second-order valence-corrected chi connectivity index (χ2v) is 8.57. The van der Waals surface area contributed by atoms with Crippen molar-refractivity contribution in [1.29, 1.82) is 0 Å². The number of benzene rings is 1. The van der Waals surface area contributed by atoms with Crippen LogP contribution in [0.2, 0.25) is 0 Å². The standard InChI is InChI=1S/C23H27N5O2/c1-27-22(30)18-7-3-5-9-20(18)25-23(27)24-16-10-12-17(13-11-16)28-21(29)14-15-6-2-4-8-19(15)26-28/h3,5,7,9,14,16-17H,2,4,6,8,10-13H2,1H3,(H,24,25). The molecule has 0 atom stereocenters. The molecule has 1 fully saturated rings. The lowest BCUT2D eigenvalue weighted by atomic mass is 9.91. The molecule has 0 unspecified atom stereocenters. The minimum absolute atomic E-state index is 0.0330. The van der Waals surface area contributed by atoms with Crippen LogP contribution in [0.3, 0.4) is 0 Å². The highest BCUT2D eigenvalue weighted by Gasteiger charge is 2.26. The van der Waals surface area contributed by atoms with Crippen molar-refractivity contribution in [3.8, 4) is 0 Å². The first-order valence-corrected chi connectivity index (χ1v) is 10.9. The van der Waals surface area contributed by atoms with Gasteiger partial charge >= 0.3 is 0 Å². The molecule has 2 aliphatic rings. The van der Waals surface area contributed by atoms with Crippen LogP contribution in [-0.4, -0.2) is 25.4 Å².